The Morgan fingerprint density at radius 3 is 2.83 bits per heavy atom. The van der Waals surface area contributed by atoms with Gasteiger partial charge in [-0.3, -0.25) is 9.59 Å². The molecule has 0 fully saturated rings. The van der Waals surface area contributed by atoms with Crippen LogP contribution in [0.15, 0.2) is 64.1 Å². The lowest BCUT2D eigenvalue weighted by Gasteiger charge is -2.30. The van der Waals surface area contributed by atoms with Crippen molar-refractivity contribution >= 4 is 52.5 Å². The molecule has 29 heavy (non-hydrogen) atoms. The van der Waals surface area contributed by atoms with E-state index in [1.165, 1.54) is 11.8 Å². The van der Waals surface area contributed by atoms with Crippen molar-refractivity contribution in [2.24, 2.45) is 0 Å². The highest BCUT2D eigenvalue weighted by atomic mass is 35.5. The zero-order valence-electron chi connectivity index (χ0n) is 15.2. The molecule has 2 aromatic carbocycles. The fraction of sp³-hybridized carbons (Fsp3) is 0.143. The number of amides is 2. The van der Waals surface area contributed by atoms with Gasteiger partial charge in [-0.25, -0.2) is 0 Å². The molecule has 1 N–H and O–H groups in total. The van der Waals surface area contributed by atoms with E-state index in [0.717, 1.165) is 10.5 Å². The maximum absolute atomic E-state index is 12.6. The Balaban J connectivity index is 1.59. The number of anilines is 1. The van der Waals surface area contributed by atoms with Crippen LogP contribution < -0.4 is 10.2 Å². The van der Waals surface area contributed by atoms with Crippen LogP contribution in [0.4, 0.5) is 5.69 Å². The zero-order valence-corrected chi connectivity index (χ0v) is 17.5. The minimum atomic E-state index is -0.243. The molecule has 1 aromatic heterocycles. The summed E-state index contributed by atoms with van der Waals surface area (Å²) < 4.78 is 5.23. The summed E-state index contributed by atoms with van der Waals surface area (Å²) >= 11 is 13.9. The number of carbonyl (C=O) groups excluding carboxylic acids is 2. The highest BCUT2D eigenvalue weighted by Crippen LogP contribution is 2.38. The molecular formula is C21H16Cl2N2O3S. The van der Waals surface area contributed by atoms with Gasteiger partial charge >= 0.3 is 0 Å². The van der Waals surface area contributed by atoms with Gasteiger partial charge in [0.2, 0.25) is 5.91 Å². The van der Waals surface area contributed by atoms with E-state index in [0.29, 0.717) is 39.4 Å². The lowest BCUT2D eigenvalue weighted by Crippen LogP contribution is -2.35. The average molecular weight is 447 g/mol. The molecule has 1 aliphatic rings. The van der Waals surface area contributed by atoms with Gasteiger partial charge in [0.25, 0.3) is 5.91 Å². The summed E-state index contributed by atoms with van der Waals surface area (Å²) in [7, 11) is 0. The summed E-state index contributed by atoms with van der Waals surface area (Å²) in [5, 5.41) is 3.68. The Morgan fingerprint density at radius 1 is 1.17 bits per heavy atom. The number of rotatable bonds is 5. The predicted molar refractivity (Wildman–Crippen MR) is 115 cm³/mol. The second kappa shape index (κ2) is 8.53. The van der Waals surface area contributed by atoms with Crippen LogP contribution in [0.2, 0.25) is 10.0 Å². The number of nitrogens with one attached hydrogen (secondary N) is 1. The Labute approximate surface area is 182 Å². The van der Waals surface area contributed by atoms with E-state index in [1.807, 2.05) is 12.1 Å². The highest BCUT2D eigenvalue weighted by Gasteiger charge is 2.26. The van der Waals surface area contributed by atoms with Crippen LogP contribution in [0.25, 0.3) is 0 Å². The van der Waals surface area contributed by atoms with E-state index >= 15 is 0 Å². The Bertz CT molecular complexity index is 1070. The van der Waals surface area contributed by atoms with Crippen LogP contribution in [-0.2, 0) is 17.9 Å². The van der Waals surface area contributed by atoms with Gasteiger partial charge in [-0.1, -0.05) is 35.3 Å². The molecule has 1 aliphatic heterocycles. The maximum Gasteiger partial charge on any atom is 0.251 e. The van der Waals surface area contributed by atoms with Crippen LogP contribution in [0.5, 0.6) is 0 Å². The van der Waals surface area contributed by atoms with Gasteiger partial charge in [0.05, 0.1) is 40.8 Å². The third kappa shape index (κ3) is 4.29. The summed E-state index contributed by atoms with van der Waals surface area (Å²) in [4.78, 5) is 27.8. The van der Waals surface area contributed by atoms with E-state index in [2.05, 4.69) is 5.32 Å². The first-order valence-electron chi connectivity index (χ1n) is 8.83. The molecule has 0 atom stereocenters. The molecule has 148 valence electrons. The first kappa shape index (κ1) is 19.9. The molecule has 3 aromatic rings. The Kier molecular flexibility index (Phi) is 5.85. The number of fused-ring (bicyclic) bond motifs is 1. The van der Waals surface area contributed by atoms with E-state index in [4.69, 9.17) is 27.6 Å². The fourth-order valence-corrected chi connectivity index (χ4v) is 4.34. The molecule has 0 aliphatic carbocycles. The van der Waals surface area contributed by atoms with Gasteiger partial charge in [0.1, 0.15) is 5.76 Å². The molecule has 0 saturated heterocycles. The standard InChI is InChI=1S/C21H16Cl2N2O3S/c22-16-5-1-3-14(20(16)23)11-25-17-9-13(6-7-18(17)29-12-19(25)26)21(27)24-10-15-4-2-8-28-15/h1-9H,10-12H2,(H,24,27). The number of thioether (sulfide) groups is 1. The smallest absolute Gasteiger partial charge is 0.251 e. The molecule has 0 radical (unpaired) electrons. The summed E-state index contributed by atoms with van der Waals surface area (Å²) in [5.74, 6) is 0.703. The number of benzene rings is 2. The molecule has 8 heteroatoms. The molecule has 0 saturated carbocycles. The molecule has 4 rings (SSSR count). The van der Waals surface area contributed by atoms with Crippen molar-refractivity contribution in [3.8, 4) is 0 Å². The van der Waals surface area contributed by atoms with E-state index < -0.39 is 0 Å². The zero-order chi connectivity index (χ0) is 20.4. The molecule has 5 nitrogen and oxygen atoms in total. The van der Waals surface area contributed by atoms with Crippen LogP contribution in [0.3, 0.4) is 0 Å². The van der Waals surface area contributed by atoms with Crippen LogP contribution in [-0.4, -0.2) is 17.6 Å². The van der Waals surface area contributed by atoms with Gasteiger partial charge < -0.3 is 14.6 Å². The molecular weight excluding hydrogens is 431 g/mol. The second-order valence-electron chi connectivity index (χ2n) is 6.43. The first-order chi connectivity index (χ1) is 14.0. The maximum atomic E-state index is 12.6. The van der Waals surface area contributed by atoms with Crippen molar-refractivity contribution in [3.05, 3.63) is 81.7 Å². The average Bonchev–Trinajstić information content (AvgIpc) is 3.25. The van der Waals surface area contributed by atoms with Gasteiger partial charge in [-0.2, -0.15) is 0 Å². The summed E-state index contributed by atoms with van der Waals surface area (Å²) in [6.45, 7) is 0.571. The van der Waals surface area contributed by atoms with Crippen molar-refractivity contribution in [2.45, 2.75) is 18.0 Å². The molecule has 0 bridgehead atoms. The number of halogens is 2. The number of furan rings is 1. The number of nitrogens with zero attached hydrogens (tertiary/aromatic N) is 1. The number of carbonyl (C=O) groups is 2. The van der Waals surface area contributed by atoms with Crippen molar-refractivity contribution in [1.29, 1.82) is 0 Å². The quantitative estimate of drug-likeness (QED) is 0.587. The van der Waals surface area contributed by atoms with Crippen LogP contribution >= 0.6 is 35.0 Å². The lowest BCUT2D eigenvalue weighted by atomic mass is 10.1. The Hall–Kier alpha value is -2.41. The van der Waals surface area contributed by atoms with Crippen molar-refractivity contribution < 1.29 is 14.0 Å². The van der Waals surface area contributed by atoms with Gasteiger partial charge in [-0.15, -0.1) is 11.8 Å². The molecule has 2 heterocycles. The minimum absolute atomic E-state index is 0.0494. The normalized spacial score (nSPS) is 13.3. The van der Waals surface area contributed by atoms with Gasteiger partial charge in [0, 0.05) is 10.5 Å². The van der Waals surface area contributed by atoms with Crippen LogP contribution in [0.1, 0.15) is 21.7 Å². The summed E-state index contributed by atoms with van der Waals surface area (Å²) in [6, 6.07) is 14.2. The predicted octanol–water partition coefficient (Wildman–Crippen LogP) is 5.16. The number of hydrogen-bond donors (Lipinski definition) is 1. The third-order valence-corrected chi connectivity index (χ3v) is 6.43. The van der Waals surface area contributed by atoms with E-state index in [1.54, 1.807) is 47.6 Å². The molecule has 2 amide bonds. The Morgan fingerprint density at radius 2 is 2.03 bits per heavy atom. The lowest BCUT2D eigenvalue weighted by molar-refractivity contribution is -0.116. The largest absolute Gasteiger partial charge is 0.467 e. The summed E-state index contributed by atoms with van der Waals surface area (Å²) in [5.41, 5.74) is 1.90. The third-order valence-electron chi connectivity index (χ3n) is 4.53. The van der Waals surface area contributed by atoms with Crippen molar-refractivity contribution in [3.63, 3.8) is 0 Å². The number of hydrogen-bond acceptors (Lipinski definition) is 4. The van der Waals surface area contributed by atoms with Gasteiger partial charge in [-0.05, 0) is 42.0 Å². The first-order valence-corrected chi connectivity index (χ1v) is 10.6. The van der Waals surface area contributed by atoms with E-state index in [-0.39, 0.29) is 18.4 Å². The summed E-state index contributed by atoms with van der Waals surface area (Å²) in [6.07, 6.45) is 1.56. The van der Waals surface area contributed by atoms with E-state index in [9.17, 15) is 9.59 Å². The second-order valence-corrected chi connectivity index (χ2v) is 8.23. The van der Waals surface area contributed by atoms with Crippen molar-refractivity contribution in [1.82, 2.24) is 5.32 Å². The topological polar surface area (TPSA) is 62.6 Å². The molecule has 0 unspecified atom stereocenters. The molecule has 0 spiro atoms. The van der Waals surface area contributed by atoms with Crippen molar-refractivity contribution in [2.75, 3.05) is 10.7 Å². The van der Waals surface area contributed by atoms with Crippen LogP contribution in [0, 0.1) is 0 Å². The fourth-order valence-electron chi connectivity index (χ4n) is 3.04. The highest BCUT2D eigenvalue weighted by molar-refractivity contribution is 8.00. The van der Waals surface area contributed by atoms with Gasteiger partial charge in [0.15, 0.2) is 0 Å². The minimum Gasteiger partial charge on any atom is -0.467 e. The SMILES string of the molecule is O=C(NCc1ccco1)c1ccc2c(c1)N(Cc1cccc(Cl)c1Cl)C(=O)CS2. The monoisotopic (exact) mass is 446 g/mol.